The van der Waals surface area contributed by atoms with E-state index in [4.69, 9.17) is 0 Å². The molecular formula is C28H41CmN2-. The van der Waals surface area contributed by atoms with Crippen molar-refractivity contribution in [3.63, 3.8) is 0 Å². The standard InChI is InChI=1S/C28H41N2.Cm/c1-6-27-18-22(2)13-16-30(27)17-14-24-19-23(20-25(21-24)28(3,4)5)12-15-29-26-10-8-7-9-11-26;/h7-10,19-22,27,29H,6,12-18H2,1-5H3;/q-1;. The van der Waals surface area contributed by atoms with Crippen molar-refractivity contribution in [3.8, 4) is 0 Å². The van der Waals surface area contributed by atoms with Crippen LogP contribution in [0.25, 0.3) is 0 Å². The smallest absolute Gasteiger partial charge is 0.0166 e. The van der Waals surface area contributed by atoms with Gasteiger partial charge in [0.2, 0.25) is 0 Å². The van der Waals surface area contributed by atoms with Crippen molar-refractivity contribution in [1.29, 1.82) is 0 Å². The molecule has 1 N–H and O–H groups in total. The third-order valence-corrected chi connectivity index (χ3v) is 6.62. The van der Waals surface area contributed by atoms with E-state index < -0.39 is 0 Å². The van der Waals surface area contributed by atoms with Gasteiger partial charge in [-0.15, -0.1) is 6.07 Å². The average molecular weight is 653 g/mol. The molecule has 172 valence electrons. The molecule has 2 nitrogen and oxygen atoms in total. The van der Waals surface area contributed by atoms with E-state index in [1.54, 1.807) is 0 Å². The first-order chi connectivity index (χ1) is 14.3. The summed E-state index contributed by atoms with van der Waals surface area (Å²) in [6.45, 7) is 15.1. The Kier molecular flexibility index (Phi) is 8.68. The molecule has 31 heavy (non-hydrogen) atoms. The zero-order valence-corrected chi connectivity index (χ0v) is 23.1. The molecule has 1 aliphatic heterocycles. The van der Waals surface area contributed by atoms with Gasteiger partial charge in [-0.05, 0) is 66.7 Å². The van der Waals surface area contributed by atoms with Crippen LogP contribution < -0.4 is 5.32 Å². The Morgan fingerprint density at radius 1 is 1.10 bits per heavy atom. The van der Waals surface area contributed by atoms with Crippen LogP contribution in [0.4, 0.5) is 5.69 Å². The normalized spacial score (nSPS) is 19.6. The number of benzene rings is 2. The average Bonchev–Trinajstić information content (AvgIpc) is 2.73. The van der Waals surface area contributed by atoms with E-state index in [1.807, 2.05) is 12.1 Å². The molecule has 2 aromatic rings. The van der Waals surface area contributed by atoms with Gasteiger partial charge in [-0.1, -0.05) is 58.5 Å². The number of para-hydroxylation sites is 1. The first kappa shape index (κ1) is 24.5. The van der Waals surface area contributed by atoms with Crippen LogP contribution >= 0.6 is 0 Å². The molecule has 0 aromatic heterocycles. The number of rotatable bonds is 8. The molecule has 3 rings (SSSR count). The van der Waals surface area contributed by atoms with Crippen LogP contribution in [0.15, 0.2) is 42.5 Å². The molecule has 2 unspecified atom stereocenters. The molecule has 0 bridgehead atoms. The second kappa shape index (κ2) is 11.0. The first-order valence-corrected chi connectivity index (χ1v) is 11.9. The zero-order chi connectivity index (χ0) is 21.6. The maximum Gasteiger partial charge on any atom is 0.0166 e. The summed E-state index contributed by atoms with van der Waals surface area (Å²) in [6.07, 6.45) is 6.19. The van der Waals surface area contributed by atoms with Crippen LogP contribution in [-0.2, 0) is 18.3 Å². The monoisotopic (exact) mass is 648 g/mol. The molecule has 0 saturated carbocycles. The van der Waals surface area contributed by atoms with Crippen molar-refractivity contribution in [1.82, 2.24) is 4.90 Å². The summed E-state index contributed by atoms with van der Waals surface area (Å²) in [5.41, 5.74) is 5.66. The number of likely N-dealkylation sites (tertiary alicyclic amines) is 1. The van der Waals surface area contributed by atoms with Crippen molar-refractivity contribution in [2.24, 2.45) is 5.92 Å². The predicted molar refractivity (Wildman–Crippen MR) is 130 cm³/mol. The second-order valence-corrected chi connectivity index (χ2v) is 10.2. The van der Waals surface area contributed by atoms with Gasteiger partial charge in [0.15, 0.2) is 0 Å². The van der Waals surface area contributed by atoms with Gasteiger partial charge in [0.1, 0.15) is 0 Å². The minimum absolute atomic E-state index is 0. The summed E-state index contributed by atoms with van der Waals surface area (Å²) in [6, 6.07) is 19.5. The molecule has 0 amide bonds. The Bertz CT molecular complexity index is 781. The summed E-state index contributed by atoms with van der Waals surface area (Å²) in [4.78, 5) is 2.75. The van der Waals surface area contributed by atoms with Gasteiger partial charge in [0.05, 0.1) is 0 Å². The number of anilines is 1. The van der Waals surface area contributed by atoms with Gasteiger partial charge in [0.25, 0.3) is 0 Å². The number of piperidine rings is 1. The van der Waals surface area contributed by atoms with Crippen molar-refractivity contribution >= 4 is 5.69 Å². The van der Waals surface area contributed by atoms with Crippen LogP contribution in [0.2, 0.25) is 0 Å². The topological polar surface area (TPSA) is 15.3 Å². The van der Waals surface area contributed by atoms with Crippen LogP contribution in [0, 0.1) is 12.0 Å². The summed E-state index contributed by atoms with van der Waals surface area (Å²) < 4.78 is 0. The van der Waals surface area contributed by atoms with E-state index in [0.717, 1.165) is 37.0 Å². The Hall–Kier alpha value is -2.80. The Labute approximate surface area is 185 Å². The molecule has 0 radical (unpaired) electrons. The molecule has 3 heteroatoms. The Balaban J connectivity index is 0.00000341. The Morgan fingerprint density at radius 2 is 1.84 bits per heavy atom. The first-order valence-electron chi connectivity index (χ1n) is 11.9. The van der Waals surface area contributed by atoms with E-state index in [9.17, 15) is 0 Å². The van der Waals surface area contributed by atoms with Gasteiger partial charge in [-0.3, -0.25) is 0 Å². The molecule has 1 aliphatic rings. The third kappa shape index (κ3) is 7.14. The fourth-order valence-electron chi connectivity index (χ4n) is 4.62. The summed E-state index contributed by atoms with van der Waals surface area (Å²) in [5.74, 6) is 0.886. The van der Waals surface area contributed by atoms with Crippen LogP contribution in [0.5, 0.6) is 0 Å². The minimum atomic E-state index is 0. The summed E-state index contributed by atoms with van der Waals surface area (Å²) in [5, 5.41) is 3.51. The number of nitrogens with one attached hydrogen (secondary N) is 1. The van der Waals surface area contributed by atoms with Crippen LogP contribution in [0.3, 0.4) is 0 Å². The van der Waals surface area contributed by atoms with E-state index in [0.29, 0.717) is 0 Å². The number of hydrogen-bond donors (Lipinski definition) is 1. The molecule has 0 aliphatic carbocycles. The number of nitrogens with zero attached hydrogens (tertiary/aromatic N) is 1. The van der Waals surface area contributed by atoms with E-state index in [1.165, 1.54) is 49.0 Å². The third-order valence-electron chi connectivity index (χ3n) is 6.62. The molecular weight excluding hydrogens is 611 g/mol. The molecule has 2 atom stereocenters. The second-order valence-electron chi connectivity index (χ2n) is 10.2. The fourth-order valence-corrected chi connectivity index (χ4v) is 4.62. The van der Waals surface area contributed by atoms with Crippen molar-refractivity contribution < 1.29 is 0 Å². The van der Waals surface area contributed by atoms with Crippen molar-refractivity contribution in [2.75, 3.05) is 25.0 Å². The van der Waals surface area contributed by atoms with Gasteiger partial charge in [0, 0.05) is 19.1 Å². The maximum absolute atomic E-state index is 3.51. The van der Waals surface area contributed by atoms with Crippen LogP contribution in [-0.4, -0.2) is 30.6 Å². The van der Waals surface area contributed by atoms with Gasteiger partial charge < -0.3 is 10.2 Å². The summed E-state index contributed by atoms with van der Waals surface area (Å²) >= 11 is 0. The summed E-state index contributed by atoms with van der Waals surface area (Å²) in [7, 11) is 0. The van der Waals surface area contributed by atoms with Gasteiger partial charge in [-0.2, -0.15) is 24.3 Å². The van der Waals surface area contributed by atoms with E-state index in [-0.39, 0.29) is 5.41 Å². The van der Waals surface area contributed by atoms with Crippen molar-refractivity contribution in [2.45, 2.75) is 78.2 Å². The molecule has 2 aromatic carbocycles. The van der Waals surface area contributed by atoms with E-state index in [2.05, 4.69) is 81.2 Å². The Morgan fingerprint density at radius 3 is 2.48 bits per heavy atom. The number of hydrogen-bond acceptors (Lipinski definition) is 2. The fraction of sp³-hybridized carbons (Fsp3) is 0.571. The minimum Gasteiger partial charge on any atom is -0.406 e. The molecule has 1 saturated heterocycles. The predicted octanol–water partition coefficient (Wildman–Crippen LogP) is 6.49. The quantitative estimate of drug-likeness (QED) is 0.328. The van der Waals surface area contributed by atoms with Crippen LogP contribution in [0.1, 0.15) is 70.6 Å². The SMILES string of the molecule is CCC1CC(C)CCN1CCc1cc(CCNc2[c-]cccc2)cc(C(C)(C)C)c1.[Cm]. The van der Waals surface area contributed by atoms with E-state index >= 15 is 0 Å². The largest absolute Gasteiger partial charge is 0.406 e. The molecule has 0 spiro atoms. The van der Waals surface area contributed by atoms with Crippen molar-refractivity contribution in [3.05, 3.63) is 65.2 Å². The van der Waals surface area contributed by atoms with Gasteiger partial charge >= 0.3 is 0 Å². The molecule has 1 fully saturated rings. The van der Waals surface area contributed by atoms with Gasteiger partial charge in [-0.25, -0.2) is 0 Å². The molecule has 1 heterocycles. The zero-order valence-electron chi connectivity index (χ0n) is 20.2. The maximum atomic E-state index is 3.51.